The second-order valence-electron chi connectivity index (χ2n) is 6.26. The average molecular weight is 287 g/mol. The Morgan fingerprint density at radius 1 is 1.00 bits per heavy atom. The second-order valence-corrected chi connectivity index (χ2v) is 6.26. The fourth-order valence-electron chi connectivity index (χ4n) is 3.02. The molecule has 0 spiro atoms. The molecule has 114 valence electrons. The minimum absolute atomic E-state index is 0.230. The molecular formula is C13H21NO6. The van der Waals surface area contributed by atoms with Crippen molar-refractivity contribution in [1.82, 2.24) is 0 Å². The van der Waals surface area contributed by atoms with Crippen LogP contribution in [0.3, 0.4) is 0 Å². The maximum absolute atomic E-state index is 8.75. The lowest BCUT2D eigenvalue weighted by molar-refractivity contribution is -0.200. The van der Waals surface area contributed by atoms with E-state index < -0.39 is 17.7 Å². The largest absolute Gasteiger partial charge is 0.411 e. The molecule has 5 atom stereocenters. The summed E-state index contributed by atoms with van der Waals surface area (Å²) in [5, 5.41) is 11.8. The molecule has 0 aromatic rings. The molecule has 3 fully saturated rings. The monoisotopic (exact) mass is 287 g/mol. The Hall–Kier alpha value is -0.730. The first-order chi connectivity index (χ1) is 9.31. The van der Waals surface area contributed by atoms with E-state index in [1.54, 1.807) is 0 Å². The van der Waals surface area contributed by atoms with Crippen molar-refractivity contribution in [2.24, 2.45) is 5.16 Å². The van der Waals surface area contributed by atoms with Crippen LogP contribution >= 0.6 is 0 Å². The highest BCUT2D eigenvalue weighted by molar-refractivity contribution is 5.64. The fraction of sp³-hybridized carbons (Fsp3) is 0.923. The molecule has 3 heterocycles. The van der Waals surface area contributed by atoms with E-state index in [0.717, 1.165) is 0 Å². The van der Waals surface area contributed by atoms with Gasteiger partial charge >= 0.3 is 0 Å². The van der Waals surface area contributed by atoms with Crippen molar-refractivity contribution in [3.63, 3.8) is 0 Å². The van der Waals surface area contributed by atoms with Crippen LogP contribution in [0, 0.1) is 0 Å². The van der Waals surface area contributed by atoms with Gasteiger partial charge in [-0.3, -0.25) is 0 Å². The standard InChI is InChI=1S/C13H21NO6/c1-12(2)16-6-8(18-12)9-11-10(7(17-9)5-14-15)19-13(3,4)20-11/h5,7-11,15H,6H2,1-4H3/b14-5-/t7-,8+,9+,10+,11-/m0/s1. The van der Waals surface area contributed by atoms with Gasteiger partial charge in [-0.05, 0) is 27.7 Å². The van der Waals surface area contributed by atoms with Gasteiger partial charge in [0.05, 0.1) is 12.8 Å². The molecule has 3 aliphatic heterocycles. The minimum atomic E-state index is -0.687. The molecule has 0 aliphatic carbocycles. The van der Waals surface area contributed by atoms with Crippen molar-refractivity contribution in [3.05, 3.63) is 0 Å². The van der Waals surface area contributed by atoms with Gasteiger partial charge in [0.1, 0.15) is 30.5 Å². The molecular weight excluding hydrogens is 266 g/mol. The molecule has 3 aliphatic rings. The van der Waals surface area contributed by atoms with Gasteiger partial charge in [-0.25, -0.2) is 0 Å². The molecule has 0 saturated carbocycles. The zero-order valence-corrected chi connectivity index (χ0v) is 12.1. The van der Waals surface area contributed by atoms with Gasteiger partial charge in [0.25, 0.3) is 0 Å². The summed E-state index contributed by atoms with van der Waals surface area (Å²) in [4.78, 5) is 0. The van der Waals surface area contributed by atoms with Gasteiger partial charge in [-0.2, -0.15) is 0 Å². The maximum Gasteiger partial charge on any atom is 0.164 e. The first kappa shape index (κ1) is 14.2. The number of oxime groups is 1. The van der Waals surface area contributed by atoms with Crippen LogP contribution in [0.1, 0.15) is 27.7 Å². The third-order valence-corrected chi connectivity index (χ3v) is 3.74. The van der Waals surface area contributed by atoms with Gasteiger partial charge in [-0.15, -0.1) is 0 Å². The molecule has 0 unspecified atom stereocenters. The molecule has 7 nitrogen and oxygen atoms in total. The molecule has 3 rings (SSSR count). The first-order valence-electron chi connectivity index (χ1n) is 6.82. The van der Waals surface area contributed by atoms with Crippen molar-refractivity contribution < 1.29 is 28.9 Å². The van der Waals surface area contributed by atoms with E-state index >= 15 is 0 Å². The van der Waals surface area contributed by atoms with Gasteiger partial charge in [0.15, 0.2) is 11.6 Å². The van der Waals surface area contributed by atoms with Crippen molar-refractivity contribution in [2.45, 2.75) is 69.8 Å². The molecule has 1 N–H and O–H groups in total. The summed E-state index contributed by atoms with van der Waals surface area (Å²) >= 11 is 0. The normalized spacial score (nSPS) is 46.1. The zero-order valence-electron chi connectivity index (χ0n) is 12.1. The second kappa shape index (κ2) is 4.64. The summed E-state index contributed by atoms with van der Waals surface area (Å²) < 4.78 is 29.1. The SMILES string of the molecule is CC1(C)O[C@@H]2[C@H](O1)[C@H](/C=N\O)O[C@@H]2[C@H]1COC(C)(C)O1. The van der Waals surface area contributed by atoms with Crippen molar-refractivity contribution in [2.75, 3.05) is 6.61 Å². The Kier molecular flexibility index (Phi) is 3.30. The van der Waals surface area contributed by atoms with Crippen molar-refractivity contribution in [3.8, 4) is 0 Å². The summed E-state index contributed by atoms with van der Waals surface area (Å²) in [7, 11) is 0. The van der Waals surface area contributed by atoms with Crippen LogP contribution in [0.15, 0.2) is 5.16 Å². The summed E-state index contributed by atoms with van der Waals surface area (Å²) in [6.45, 7) is 7.87. The van der Waals surface area contributed by atoms with Gasteiger partial charge in [0, 0.05) is 0 Å². The average Bonchev–Trinajstić information content (AvgIpc) is 2.92. The molecule has 20 heavy (non-hydrogen) atoms. The predicted molar refractivity (Wildman–Crippen MR) is 67.7 cm³/mol. The Bertz CT molecular complexity index is 410. The van der Waals surface area contributed by atoms with Gasteiger partial charge in [0.2, 0.25) is 0 Å². The van der Waals surface area contributed by atoms with E-state index in [9.17, 15) is 0 Å². The Morgan fingerprint density at radius 3 is 2.30 bits per heavy atom. The fourth-order valence-corrected chi connectivity index (χ4v) is 3.02. The van der Waals surface area contributed by atoms with Crippen molar-refractivity contribution >= 4 is 6.21 Å². The smallest absolute Gasteiger partial charge is 0.164 e. The number of nitrogens with zero attached hydrogens (tertiary/aromatic N) is 1. The summed E-state index contributed by atoms with van der Waals surface area (Å²) in [5.74, 6) is -1.31. The minimum Gasteiger partial charge on any atom is -0.411 e. The highest BCUT2D eigenvalue weighted by Crippen LogP contribution is 2.41. The van der Waals surface area contributed by atoms with E-state index in [-0.39, 0.29) is 24.4 Å². The Labute approximate surface area is 117 Å². The quantitative estimate of drug-likeness (QED) is 0.461. The van der Waals surface area contributed by atoms with Crippen LogP contribution in [-0.4, -0.2) is 60.1 Å². The number of ether oxygens (including phenoxy) is 5. The lowest BCUT2D eigenvalue weighted by Crippen LogP contribution is -2.40. The van der Waals surface area contributed by atoms with Crippen LogP contribution in [-0.2, 0) is 23.7 Å². The van der Waals surface area contributed by atoms with Crippen LogP contribution in [0.4, 0.5) is 0 Å². The van der Waals surface area contributed by atoms with E-state index in [1.165, 1.54) is 6.21 Å². The highest BCUT2D eigenvalue weighted by atomic mass is 16.8. The van der Waals surface area contributed by atoms with E-state index in [4.69, 9.17) is 28.9 Å². The van der Waals surface area contributed by atoms with Crippen LogP contribution in [0.5, 0.6) is 0 Å². The van der Waals surface area contributed by atoms with E-state index in [0.29, 0.717) is 6.61 Å². The lowest BCUT2D eigenvalue weighted by atomic mass is 10.0. The zero-order chi connectivity index (χ0) is 14.5. The number of rotatable bonds is 2. The Balaban J connectivity index is 1.79. The van der Waals surface area contributed by atoms with Crippen LogP contribution in [0.25, 0.3) is 0 Å². The summed E-state index contributed by atoms with van der Waals surface area (Å²) in [6.07, 6.45) is -0.250. The predicted octanol–water partition coefficient (Wildman–Crippen LogP) is 0.885. The van der Waals surface area contributed by atoms with Gasteiger partial charge < -0.3 is 28.9 Å². The molecule has 0 aromatic heterocycles. The molecule has 0 bridgehead atoms. The first-order valence-corrected chi connectivity index (χ1v) is 6.82. The summed E-state index contributed by atoms with van der Waals surface area (Å²) in [6, 6.07) is 0. The van der Waals surface area contributed by atoms with Gasteiger partial charge in [-0.1, -0.05) is 5.16 Å². The highest BCUT2D eigenvalue weighted by Gasteiger charge is 2.58. The summed E-state index contributed by atoms with van der Waals surface area (Å²) in [5.41, 5.74) is 0. The Morgan fingerprint density at radius 2 is 1.70 bits per heavy atom. The van der Waals surface area contributed by atoms with Crippen molar-refractivity contribution in [1.29, 1.82) is 0 Å². The molecule has 7 heteroatoms. The number of fused-ring (bicyclic) bond motifs is 1. The van der Waals surface area contributed by atoms with Crippen LogP contribution < -0.4 is 0 Å². The maximum atomic E-state index is 8.75. The third kappa shape index (κ3) is 2.44. The number of hydrogen-bond acceptors (Lipinski definition) is 7. The lowest BCUT2D eigenvalue weighted by Gasteiger charge is -2.26. The number of hydrogen-bond donors (Lipinski definition) is 1. The van der Waals surface area contributed by atoms with Crippen LogP contribution in [0.2, 0.25) is 0 Å². The van der Waals surface area contributed by atoms with E-state index in [2.05, 4.69) is 5.16 Å². The molecule has 0 aromatic carbocycles. The molecule has 3 saturated heterocycles. The topological polar surface area (TPSA) is 78.7 Å². The molecule has 0 radical (unpaired) electrons. The molecule has 0 amide bonds. The van der Waals surface area contributed by atoms with E-state index in [1.807, 2.05) is 27.7 Å². The third-order valence-electron chi connectivity index (χ3n) is 3.74.